The molecule has 1 heterocycles. The Hall–Kier alpha value is -1.30. The maximum atomic E-state index is 12.1. The van der Waals surface area contributed by atoms with Gasteiger partial charge in [0, 0.05) is 11.7 Å². The number of amides is 1. The molecule has 1 saturated heterocycles. The number of rotatable bonds is 5. The zero-order chi connectivity index (χ0) is 14.5. The summed E-state index contributed by atoms with van der Waals surface area (Å²) in [6.07, 6.45) is 2.95. The van der Waals surface area contributed by atoms with E-state index < -0.39 is 0 Å². The summed E-state index contributed by atoms with van der Waals surface area (Å²) < 4.78 is 5.08. The monoisotopic (exact) mass is 297 g/mol. The van der Waals surface area contributed by atoms with Gasteiger partial charge in [-0.2, -0.15) is 0 Å². The summed E-state index contributed by atoms with van der Waals surface area (Å²) in [5.74, 6) is 0.533. The Morgan fingerprint density at radius 1 is 1.50 bits per heavy atom. The van der Waals surface area contributed by atoms with Crippen LogP contribution < -0.4 is 20.9 Å². The van der Waals surface area contributed by atoms with Crippen molar-refractivity contribution in [2.75, 3.05) is 12.4 Å². The molecule has 6 heteroatoms. The number of carbonyl (C=O) groups is 1. The highest BCUT2D eigenvalue weighted by molar-refractivity contribution is 6.32. The van der Waals surface area contributed by atoms with E-state index in [4.69, 9.17) is 16.3 Å². The molecule has 2 atom stereocenters. The van der Waals surface area contributed by atoms with E-state index in [9.17, 15) is 4.79 Å². The Kier molecular flexibility index (Phi) is 5.23. The van der Waals surface area contributed by atoms with Gasteiger partial charge in [0.05, 0.1) is 12.1 Å². The fraction of sp³-hybridized carbons (Fsp3) is 0.500. The molecule has 0 spiro atoms. The zero-order valence-electron chi connectivity index (χ0n) is 11.7. The lowest BCUT2D eigenvalue weighted by atomic mass is 10.1. The van der Waals surface area contributed by atoms with Crippen molar-refractivity contribution in [3.8, 4) is 5.75 Å². The zero-order valence-corrected chi connectivity index (χ0v) is 12.5. The normalized spacial score (nSPS) is 21.8. The van der Waals surface area contributed by atoms with Crippen LogP contribution in [0.1, 0.15) is 26.2 Å². The van der Waals surface area contributed by atoms with Crippen LogP contribution in [0, 0.1) is 0 Å². The van der Waals surface area contributed by atoms with Gasteiger partial charge >= 0.3 is 0 Å². The summed E-state index contributed by atoms with van der Waals surface area (Å²) >= 11 is 6.03. The molecule has 0 aliphatic carbocycles. The summed E-state index contributed by atoms with van der Waals surface area (Å²) in [7, 11) is 1.56. The SMILES string of the molecule is CCCC1CC(C(=O)Nc2ccc(OC)c(Cl)c2)NN1. The molecule has 5 nitrogen and oxygen atoms in total. The molecule has 1 aromatic rings. The van der Waals surface area contributed by atoms with Gasteiger partial charge < -0.3 is 10.1 Å². The number of benzene rings is 1. The molecular weight excluding hydrogens is 278 g/mol. The van der Waals surface area contributed by atoms with Crippen LogP contribution in [0.25, 0.3) is 0 Å². The minimum Gasteiger partial charge on any atom is -0.495 e. The summed E-state index contributed by atoms with van der Waals surface area (Å²) in [6, 6.07) is 5.33. The van der Waals surface area contributed by atoms with Crippen molar-refractivity contribution in [2.24, 2.45) is 0 Å². The van der Waals surface area contributed by atoms with E-state index in [-0.39, 0.29) is 11.9 Å². The number of halogens is 1. The number of anilines is 1. The van der Waals surface area contributed by atoms with Gasteiger partial charge in [0.25, 0.3) is 0 Å². The molecule has 1 amide bonds. The first kappa shape index (κ1) is 15.1. The fourth-order valence-electron chi connectivity index (χ4n) is 2.31. The Morgan fingerprint density at radius 2 is 2.30 bits per heavy atom. The van der Waals surface area contributed by atoms with E-state index in [0.29, 0.717) is 22.5 Å². The van der Waals surface area contributed by atoms with Gasteiger partial charge in [0.15, 0.2) is 0 Å². The van der Waals surface area contributed by atoms with Gasteiger partial charge in [0.1, 0.15) is 11.8 Å². The number of hydrazine groups is 1. The summed E-state index contributed by atoms with van der Waals surface area (Å²) in [4.78, 5) is 12.1. The third-order valence-electron chi connectivity index (χ3n) is 3.35. The standard InChI is InChI=1S/C14H20ClN3O2/c1-3-4-10-8-12(18-17-10)14(19)16-9-5-6-13(20-2)11(15)7-9/h5-7,10,12,17-18H,3-4,8H2,1-2H3,(H,16,19). The highest BCUT2D eigenvalue weighted by Gasteiger charge is 2.28. The molecule has 20 heavy (non-hydrogen) atoms. The lowest BCUT2D eigenvalue weighted by Crippen LogP contribution is -2.40. The van der Waals surface area contributed by atoms with E-state index in [0.717, 1.165) is 19.3 Å². The van der Waals surface area contributed by atoms with E-state index in [1.165, 1.54) is 0 Å². The second kappa shape index (κ2) is 6.92. The molecule has 0 saturated carbocycles. The molecule has 2 unspecified atom stereocenters. The van der Waals surface area contributed by atoms with Crippen LogP contribution in [0.5, 0.6) is 5.75 Å². The lowest BCUT2D eigenvalue weighted by molar-refractivity contribution is -0.117. The predicted octanol–water partition coefficient (Wildman–Crippen LogP) is 2.32. The van der Waals surface area contributed by atoms with Crippen molar-refractivity contribution in [1.29, 1.82) is 0 Å². The van der Waals surface area contributed by atoms with Crippen LogP contribution in [0.4, 0.5) is 5.69 Å². The van der Waals surface area contributed by atoms with E-state index in [1.54, 1.807) is 25.3 Å². The van der Waals surface area contributed by atoms with Gasteiger partial charge in [-0.1, -0.05) is 24.9 Å². The highest BCUT2D eigenvalue weighted by Crippen LogP contribution is 2.27. The van der Waals surface area contributed by atoms with Gasteiger partial charge in [-0.3, -0.25) is 10.2 Å². The molecule has 1 fully saturated rings. The van der Waals surface area contributed by atoms with Crippen molar-refractivity contribution < 1.29 is 9.53 Å². The highest BCUT2D eigenvalue weighted by atomic mass is 35.5. The first-order valence-corrected chi connectivity index (χ1v) is 7.17. The largest absolute Gasteiger partial charge is 0.495 e. The second-order valence-corrected chi connectivity index (χ2v) is 5.31. The summed E-state index contributed by atoms with van der Waals surface area (Å²) in [5, 5.41) is 3.34. The number of hydrogen-bond acceptors (Lipinski definition) is 4. The van der Waals surface area contributed by atoms with Gasteiger partial charge in [-0.15, -0.1) is 0 Å². The summed E-state index contributed by atoms with van der Waals surface area (Å²) in [6.45, 7) is 2.13. The number of carbonyl (C=O) groups excluding carboxylic acids is 1. The third-order valence-corrected chi connectivity index (χ3v) is 3.65. The Balaban J connectivity index is 1.93. The molecule has 3 N–H and O–H groups in total. The number of hydrogen-bond donors (Lipinski definition) is 3. The molecule has 1 aromatic carbocycles. The van der Waals surface area contributed by atoms with E-state index in [1.807, 2.05) is 0 Å². The van der Waals surface area contributed by atoms with Crippen LogP contribution in [0.3, 0.4) is 0 Å². The molecule has 0 radical (unpaired) electrons. The van der Waals surface area contributed by atoms with Crippen molar-refractivity contribution >= 4 is 23.2 Å². The smallest absolute Gasteiger partial charge is 0.242 e. The summed E-state index contributed by atoms with van der Waals surface area (Å²) in [5.41, 5.74) is 6.84. The Morgan fingerprint density at radius 3 is 2.95 bits per heavy atom. The number of methoxy groups -OCH3 is 1. The van der Waals surface area contributed by atoms with Gasteiger partial charge in [-0.25, -0.2) is 5.43 Å². The quantitative estimate of drug-likeness (QED) is 0.780. The first-order valence-electron chi connectivity index (χ1n) is 6.79. The number of nitrogens with one attached hydrogen (secondary N) is 3. The maximum Gasteiger partial charge on any atom is 0.242 e. The van der Waals surface area contributed by atoms with Crippen LogP contribution in [0.2, 0.25) is 5.02 Å². The number of ether oxygens (including phenoxy) is 1. The minimum atomic E-state index is -0.215. The molecule has 1 aliphatic rings. The average molecular weight is 298 g/mol. The van der Waals surface area contributed by atoms with Crippen LogP contribution in [-0.4, -0.2) is 25.1 Å². The lowest BCUT2D eigenvalue weighted by Gasteiger charge is -2.11. The molecular formula is C14H20ClN3O2. The van der Waals surface area contributed by atoms with Crippen LogP contribution >= 0.6 is 11.6 Å². The topological polar surface area (TPSA) is 62.4 Å². The van der Waals surface area contributed by atoms with Crippen molar-refractivity contribution in [1.82, 2.24) is 10.9 Å². The molecule has 1 aliphatic heterocycles. The molecule has 0 aromatic heterocycles. The third kappa shape index (κ3) is 3.62. The Bertz CT molecular complexity index is 481. The molecule has 2 rings (SSSR count). The Labute approximate surface area is 124 Å². The van der Waals surface area contributed by atoms with Crippen molar-refractivity contribution in [3.05, 3.63) is 23.2 Å². The van der Waals surface area contributed by atoms with Crippen molar-refractivity contribution in [3.63, 3.8) is 0 Å². The fourth-order valence-corrected chi connectivity index (χ4v) is 2.56. The van der Waals surface area contributed by atoms with E-state index >= 15 is 0 Å². The molecule has 110 valence electrons. The van der Waals surface area contributed by atoms with E-state index in [2.05, 4.69) is 23.1 Å². The van der Waals surface area contributed by atoms with Crippen molar-refractivity contribution in [2.45, 2.75) is 38.3 Å². The second-order valence-electron chi connectivity index (χ2n) is 4.90. The predicted molar refractivity (Wildman–Crippen MR) is 80.0 cm³/mol. The van der Waals surface area contributed by atoms with Gasteiger partial charge in [-0.05, 0) is 31.0 Å². The van der Waals surface area contributed by atoms with Crippen LogP contribution in [-0.2, 0) is 4.79 Å². The average Bonchev–Trinajstić information content (AvgIpc) is 2.88. The van der Waals surface area contributed by atoms with Gasteiger partial charge in [0.2, 0.25) is 5.91 Å². The maximum absolute atomic E-state index is 12.1. The molecule has 0 bridgehead atoms. The van der Waals surface area contributed by atoms with Crippen LogP contribution in [0.15, 0.2) is 18.2 Å². The minimum absolute atomic E-state index is 0.0580. The first-order chi connectivity index (χ1) is 9.63.